The topological polar surface area (TPSA) is 24.5 Å². The van der Waals surface area contributed by atoms with Crippen LogP contribution in [0.2, 0.25) is 0 Å². The number of hydrogen-bond acceptors (Lipinski definition) is 3. The number of anilines is 1. The number of nitrogens with one attached hydrogen (secondary N) is 1. The molecule has 1 aromatic rings. The smallest absolute Gasteiger partial charge is 0.0723 e. The summed E-state index contributed by atoms with van der Waals surface area (Å²) >= 11 is 3.63. The highest BCUT2D eigenvalue weighted by Gasteiger charge is 2.28. The van der Waals surface area contributed by atoms with Crippen molar-refractivity contribution in [2.45, 2.75) is 52.3 Å². The molecule has 1 aliphatic rings. The quantitative estimate of drug-likeness (QED) is 0.860. The molecule has 3 unspecified atom stereocenters. The lowest BCUT2D eigenvalue weighted by molar-refractivity contribution is 0.0298. The van der Waals surface area contributed by atoms with E-state index in [0.717, 1.165) is 30.6 Å². The van der Waals surface area contributed by atoms with Crippen molar-refractivity contribution in [2.75, 3.05) is 24.6 Å². The molecule has 0 spiro atoms. The minimum Gasteiger partial charge on any atom is -0.375 e. The van der Waals surface area contributed by atoms with Crippen molar-refractivity contribution in [2.24, 2.45) is 0 Å². The summed E-state index contributed by atoms with van der Waals surface area (Å²) in [6, 6.07) is 7.44. The Balaban J connectivity index is 2.37. The van der Waals surface area contributed by atoms with Gasteiger partial charge < -0.3 is 15.0 Å². The van der Waals surface area contributed by atoms with Gasteiger partial charge in [0.2, 0.25) is 0 Å². The van der Waals surface area contributed by atoms with Crippen LogP contribution in [0.3, 0.4) is 0 Å². The van der Waals surface area contributed by atoms with E-state index in [4.69, 9.17) is 4.74 Å². The van der Waals surface area contributed by atoms with Crippen LogP contribution in [0.1, 0.15) is 45.7 Å². The van der Waals surface area contributed by atoms with Gasteiger partial charge in [0.1, 0.15) is 0 Å². The molecule has 1 saturated heterocycles. The lowest BCUT2D eigenvalue weighted by Crippen LogP contribution is -2.49. The van der Waals surface area contributed by atoms with Gasteiger partial charge in [-0.25, -0.2) is 0 Å². The molecule has 21 heavy (non-hydrogen) atoms. The number of halogens is 1. The Morgan fingerprint density at radius 3 is 2.86 bits per heavy atom. The molecule has 0 aromatic heterocycles. The van der Waals surface area contributed by atoms with Crippen LogP contribution in [-0.2, 0) is 4.74 Å². The van der Waals surface area contributed by atoms with Gasteiger partial charge in [0.05, 0.1) is 18.8 Å². The summed E-state index contributed by atoms with van der Waals surface area (Å²) in [7, 11) is 0. The van der Waals surface area contributed by atoms with Crippen molar-refractivity contribution in [3.05, 3.63) is 28.2 Å². The van der Waals surface area contributed by atoms with Gasteiger partial charge in [-0.2, -0.15) is 0 Å². The van der Waals surface area contributed by atoms with Crippen molar-refractivity contribution in [1.82, 2.24) is 5.32 Å². The Labute approximate surface area is 137 Å². The van der Waals surface area contributed by atoms with Crippen LogP contribution in [0.15, 0.2) is 22.7 Å². The molecule has 0 aliphatic carbocycles. The lowest BCUT2D eigenvalue weighted by atomic mass is 10.0. The molecule has 1 fully saturated rings. The molecular weight excluding hydrogens is 328 g/mol. The van der Waals surface area contributed by atoms with Gasteiger partial charge in [0.25, 0.3) is 0 Å². The Morgan fingerprint density at radius 2 is 2.19 bits per heavy atom. The molecule has 0 radical (unpaired) electrons. The van der Waals surface area contributed by atoms with E-state index < -0.39 is 0 Å². The van der Waals surface area contributed by atoms with E-state index >= 15 is 0 Å². The Hall–Kier alpha value is -0.580. The van der Waals surface area contributed by atoms with Gasteiger partial charge in [0, 0.05) is 22.7 Å². The lowest BCUT2D eigenvalue weighted by Gasteiger charge is -2.41. The molecule has 1 aromatic carbocycles. The maximum Gasteiger partial charge on any atom is 0.0723 e. The number of hydrogen-bond donors (Lipinski definition) is 1. The average Bonchev–Trinajstić information content (AvgIpc) is 2.47. The molecule has 1 N–H and O–H groups in total. The van der Waals surface area contributed by atoms with Crippen LogP contribution >= 0.6 is 15.9 Å². The van der Waals surface area contributed by atoms with Gasteiger partial charge >= 0.3 is 0 Å². The average molecular weight is 355 g/mol. The summed E-state index contributed by atoms with van der Waals surface area (Å²) < 4.78 is 6.98. The minimum absolute atomic E-state index is 0.286. The van der Waals surface area contributed by atoms with Gasteiger partial charge in [-0.3, -0.25) is 0 Å². The van der Waals surface area contributed by atoms with Crippen LogP contribution in [0.25, 0.3) is 0 Å². The van der Waals surface area contributed by atoms with E-state index in [9.17, 15) is 0 Å². The minimum atomic E-state index is 0.286. The number of rotatable bonds is 5. The normalized spacial score (nSPS) is 24.1. The van der Waals surface area contributed by atoms with Crippen molar-refractivity contribution in [1.29, 1.82) is 0 Å². The van der Waals surface area contributed by atoms with Gasteiger partial charge in [0.15, 0.2) is 0 Å². The fraction of sp³-hybridized carbons (Fsp3) is 0.647. The fourth-order valence-corrected chi connectivity index (χ4v) is 3.37. The van der Waals surface area contributed by atoms with Crippen LogP contribution in [0.5, 0.6) is 0 Å². The largest absolute Gasteiger partial charge is 0.375 e. The standard InChI is InChI=1S/C17H27BrN2O/c1-5-15-11-21-12(3)10-20(15)17-9-14(18)7-8-16(17)13(4)19-6-2/h7-9,12-13,15,19H,5-6,10-11H2,1-4H3. The van der Waals surface area contributed by atoms with Gasteiger partial charge in [-0.1, -0.05) is 35.8 Å². The first-order chi connectivity index (χ1) is 10.1. The highest BCUT2D eigenvalue weighted by Crippen LogP contribution is 2.33. The van der Waals surface area contributed by atoms with Crippen molar-refractivity contribution in [3.63, 3.8) is 0 Å². The second-order valence-corrected chi connectivity index (χ2v) is 6.76. The van der Waals surface area contributed by atoms with E-state index in [0.29, 0.717) is 12.1 Å². The maximum atomic E-state index is 5.84. The van der Waals surface area contributed by atoms with Crippen LogP contribution in [0.4, 0.5) is 5.69 Å². The summed E-state index contributed by atoms with van der Waals surface area (Å²) in [5.74, 6) is 0. The summed E-state index contributed by atoms with van der Waals surface area (Å²) in [5, 5.41) is 3.53. The predicted octanol–water partition coefficient (Wildman–Crippen LogP) is 4.12. The number of morpholine rings is 1. The highest BCUT2D eigenvalue weighted by molar-refractivity contribution is 9.10. The molecule has 0 bridgehead atoms. The second kappa shape index (κ2) is 7.61. The van der Waals surface area contributed by atoms with E-state index in [1.54, 1.807) is 0 Å². The monoisotopic (exact) mass is 354 g/mol. The van der Waals surface area contributed by atoms with E-state index in [-0.39, 0.29) is 6.10 Å². The number of nitrogens with zero attached hydrogens (tertiary/aromatic N) is 1. The molecule has 3 atom stereocenters. The summed E-state index contributed by atoms with van der Waals surface area (Å²) in [6.45, 7) is 11.5. The van der Waals surface area contributed by atoms with E-state index in [1.165, 1.54) is 11.3 Å². The molecule has 1 heterocycles. The summed E-state index contributed by atoms with van der Waals surface area (Å²) in [5.41, 5.74) is 2.70. The number of ether oxygens (including phenoxy) is 1. The molecule has 0 amide bonds. The zero-order valence-corrected chi connectivity index (χ0v) is 15.1. The first-order valence-electron chi connectivity index (χ1n) is 7.97. The van der Waals surface area contributed by atoms with Crippen molar-refractivity contribution in [3.8, 4) is 0 Å². The number of benzene rings is 1. The predicted molar refractivity (Wildman–Crippen MR) is 93.1 cm³/mol. The van der Waals surface area contributed by atoms with Crippen LogP contribution in [-0.4, -0.2) is 31.8 Å². The highest BCUT2D eigenvalue weighted by atomic mass is 79.9. The molecule has 1 aliphatic heterocycles. The summed E-state index contributed by atoms with van der Waals surface area (Å²) in [6.07, 6.45) is 1.39. The van der Waals surface area contributed by atoms with E-state index in [1.807, 2.05) is 0 Å². The summed E-state index contributed by atoms with van der Waals surface area (Å²) in [4.78, 5) is 2.53. The zero-order valence-electron chi connectivity index (χ0n) is 13.5. The first-order valence-corrected chi connectivity index (χ1v) is 8.77. The molecule has 3 nitrogen and oxygen atoms in total. The zero-order chi connectivity index (χ0) is 15.4. The molecule has 2 rings (SSSR count). The Kier molecular flexibility index (Phi) is 6.08. The molecule has 0 saturated carbocycles. The third-order valence-electron chi connectivity index (χ3n) is 4.22. The Bertz CT molecular complexity index is 466. The maximum absolute atomic E-state index is 5.84. The van der Waals surface area contributed by atoms with Crippen LogP contribution < -0.4 is 10.2 Å². The first kappa shape index (κ1) is 16.8. The molecule has 118 valence electrons. The van der Waals surface area contributed by atoms with Gasteiger partial charge in [-0.15, -0.1) is 0 Å². The van der Waals surface area contributed by atoms with E-state index in [2.05, 4.69) is 72.0 Å². The fourth-order valence-electron chi connectivity index (χ4n) is 3.03. The second-order valence-electron chi connectivity index (χ2n) is 5.84. The van der Waals surface area contributed by atoms with Crippen molar-refractivity contribution < 1.29 is 4.74 Å². The SMILES string of the molecule is CCNC(C)c1ccc(Br)cc1N1CC(C)OCC1CC. The van der Waals surface area contributed by atoms with Crippen LogP contribution in [0, 0.1) is 0 Å². The third kappa shape index (κ3) is 3.99. The third-order valence-corrected chi connectivity index (χ3v) is 4.71. The Morgan fingerprint density at radius 1 is 1.43 bits per heavy atom. The molecular formula is C17H27BrN2O. The van der Waals surface area contributed by atoms with Crippen molar-refractivity contribution >= 4 is 21.6 Å². The molecule has 4 heteroatoms. The van der Waals surface area contributed by atoms with Gasteiger partial charge in [-0.05, 0) is 44.5 Å².